The molecule has 0 radical (unpaired) electrons. The van der Waals surface area contributed by atoms with E-state index in [0.717, 1.165) is 38.9 Å². The number of aliphatic hydroxyl groups is 1. The maximum Gasteiger partial charge on any atom is 0.219 e. The van der Waals surface area contributed by atoms with Crippen molar-refractivity contribution in [3.63, 3.8) is 0 Å². The quantitative estimate of drug-likeness (QED) is 0.668. The minimum Gasteiger partial charge on any atom is -0.395 e. The van der Waals surface area contributed by atoms with E-state index in [0.29, 0.717) is 12.1 Å². The van der Waals surface area contributed by atoms with Crippen molar-refractivity contribution in [3.8, 4) is 0 Å². The first kappa shape index (κ1) is 10.9. The molecule has 2 fully saturated rings. The minimum absolute atomic E-state index is 0.185. The number of hydrogen-bond acceptors (Lipinski definition) is 3. The summed E-state index contributed by atoms with van der Waals surface area (Å²) in [5.74, 6) is 0.185. The number of aliphatic hydroxyl groups excluding tert-OH is 1. The Balaban J connectivity index is 1.95. The zero-order valence-electron chi connectivity index (χ0n) is 9.35. The molecule has 0 aromatic rings. The fraction of sp³-hybridized carbons (Fsp3) is 0.909. The molecule has 15 heavy (non-hydrogen) atoms. The number of carbonyl (C=O) groups is 1. The van der Waals surface area contributed by atoms with Crippen molar-refractivity contribution < 1.29 is 9.90 Å². The standard InChI is InChI=1S/C11H20N2O2/c1-9(15)12-4-2-3-5-13-10(7-12)6-11(13)8-14/h10-11,14H,2-8H2,1H3/t10-,11+/m1/s1. The molecular formula is C11H20N2O2. The monoisotopic (exact) mass is 212 g/mol. The molecule has 0 bridgehead atoms. The molecule has 2 atom stereocenters. The van der Waals surface area contributed by atoms with E-state index in [9.17, 15) is 4.79 Å². The van der Waals surface area contributed by atoms with Gasteiger partial charge in [0.05, 0.1) is 6.61 Å². The summed E-state index contributed by atoms with van der Waals surface area (Å²) in [6.07, 6.45) is 3.26. The van der Waals surface area contributed by atoms with Crippen LogP contribution in [-0.2, 0) is 4.79 Å². The first-order valence-corrected chi connectivity index (χ1v) is 5.84. The van der Waals surface area contributed by atoms with Crippen molar-refractivity contribution in [3.05, 3.63) is 0 Å². The molecule has 0 aromatic heterocycles. The fourth-order valence-corrected chi connectivity index (χ4v) is 2.70. The predicted octanol–water partition coefficient (Wildman–Crippen LogP) is 0.0639. The molecule has 2 heterocycles. The lowest BCUT2D eigenvalue weighted by Gasteiger charge is -2.50. The van der Waals surface area contributed by atoms with Gasteiger partial charge in [0.2, 0.25) is 5.91 Å². The van der Waals surface area contributed by atoms with Crippen LogP contribution in [-0.4, -0.2) is 59.1 Å². The van der Waals surface area contributed by atoms with Crippen LogP contribution in [0.1, 0.15) is 26.2 Å². The van der Waals surface area contributed by atoms with Crippen LogP contribution in [0, 0.1) is 0 Å². The Labute approximate surface area is 90.9 Å². The van der Waals surface area contributed by atoms with Crippen LogP contribution in [0.3, 0.4) is 0 Å². The number of fused-ring (bicyclic) bond motifs is 1. The Morgan fingerprint density at radius 1 is 1.40 bits per heavy atom. The second-order valence-electron chi connectivity index (χ2n) is 4.64. The summed E-state index contributed by atoms with van der Waals surface area (Å²) in [5.41, 5.74) is 0. The van der Waals surface area contributed by atoms with E-state index in [1.165, 1.54) is 0 Å². The fourth-order valence-electron chi connectivity index (χ4n) is 2.70. The highest BCUT2D eigenvalue weighted by molar-refractivity contribution is 5.73. The lowest BCUT2D eigenvalue weighted by molar-refractivity contribution is -0.132. The molecular weight excluding hydrogens is 192 g/mol. The summed E-state index contributed by atoms with van der Waals surface area (Å²) >= 11 is 0. The van der Waals surface area contributed by atoms with Gasteiger partial charge in [-0.2, -0.15) is 0 Å². The zero-order valence-corrected chi connectivity index (χ0v) is 9.35. The van der Waals surface area contributed by atoms with Gasteiger partial charge in [-0.25, -0.2) is 0 Å². The predicted molar refractivity (Wildman–Crippen MR) is 57.5 cm³/mol. The largest absolute Gasteiger partial charge is 0.395 e. The topological polar surface area (TPSA) is 43.8 Å². The van der Waals surface area contributed by atoms with Gasteiger partial charge in [-0.3, -0.25) is 9.69 Å². The Morgan fingerprint density at radius 2 is 2.13 bits per heavy atom. The van der Waals surface area contributed by atoms with Gasteiger partial charge in [-0.05, 0) is 25.8 Å². The van der Waals surface area contributed by atoms with E-state index in [1.54, 1.807) is 6.92 Å². The van der Waals surface area contributed by atoms with E-state index >= 15 is 0 Å². The molecule has 86 valence electrons. The van der Waals surface area contributed by atoms with E-state index in [1.807, 2.05) is 4.90 Å². The van der Waals surface area contributed by atoms with Gasteiger partial charge in [0.15, 0.2) is 0 Å². The van der Waals surface area contributed by atoms with Crippen LogP contribution in [0.5, 0.6) is 0 Å². The molecule has 4 nitrogen and oxygen atoms in total. The first-order chi connectivity index (χ1) is 7.22. The van der Waals surface area contributed by atoms with Crippen molar-refractivity contribution in [1.82, 2.24) is 9.80 Å². The zero-order chi connectivity index (χ0) is 10.8. The molecule has 2 saturated heterocycles. The van der Waals surface area contributed by atoms with Crippen molar-refractivity contribution in [2.45, 2.75) is 38.3 Å². The first-order valence-electron chi connectivity index (χ1n) is 5.84. The molecule has 4 heteroatoms. The number of hydrogen-bond donors (Lipinski definition) is 1. The highest BCUT2D eigenvalue weighted by atomic mass is 16.3. The highest BCUT2D eigenvalue weighted by Gasteiger charge is 2.39. The highest BCUT2D eigenvalue weighted by Crippen LogP contribution is 2.28. The molecule has 0 aromatic carbocycles. The van der Waals surface area contributed by atoms with Gasteiger partial charge in [0, 0.05) is 32.1 Å². The van der Waals surface area contributed by atoms with Gasteiger partial charge in [-0.1, -0.05) is 0 Å². The summed E-state index contributed by atoms with van der Waals surface area (Å²) in [5, 5.41) is 9.14. The summed E-state index contributed by atoms with van der Waals surface area (Å²) in [6.45, 7) is 4.75. The van der Waals surface area contributed by atoms with Crippen LogP contribution >= 0.6 is 0 Å². The lowest BCUT2D eigenvalue weighted by Crippen LogP contribution is -2.62. The van der Waals surface area contributed by atoms with Crippen LogP contribution in [0.4, 0.5) is 0 Å². The molecule has 0 unspecified atom stereocenters. The summed E-state index contributed by atoms with van der Waals surface area (Å²) < 4.78 is 0. The number of amides is 1. The normalized spacial score (nSPS) is 32.5. The van der Waals surface area contributed by atoms with Gasteiger partial charge in [-0.15, -0.1) is 0 Å². The number of nitrogens with zero attached hydrogens (tertiary/aromatic N) is 2. The third-order valence-electron chi connectivity index (χ3n) is 3.66. The summed E-state index contributed by atoms with van der Waals surface area (Å²) in [7, 11) is 0. The molecule has 2 aliphatic heterocycles. The van der Waals surface area contributed by atoms with E-state index < -0.39 is 0 Å². The molecule has 1 amide bonds. The average molecular weight is 212 g/mol. The molecule has 0 aliphatic carbocycles. The van der Waals surface area contributed by atoms with Crippen molar-refractivity contribution in [2.24, 2.45) is 0 Å². The minimum atomic E-state index is 0.185. The van der Waals surface area contributed by atoms with Crippen LogP contribution < -0.4 is 0 Å². The van der Waals surface area contributed by atoms with Crippen molar-refractivity contribution in [1.29, 1.82) is 0 Å². The smallest absolute Gasteiger partial charge is 0.219 e. The summed E-state index contributed by atoms with van der Waals surface area (Å²) in [4.78, 5) is 15.7. The van der Waals surface area contributed by atoms with Gasteiger partial charge >= 0.3 is 0 Å². The molecule has 1 N–H and O–H groups in total. The third kappa shape index (κ3) is 2.16. The molecule has 0 spiro atoms. The SMILES string of the molecule is CC(=O)N1CCCCN2[C@H](CO)C[C@@H]2C1. The van der Waals surface area contributed by atoms with Crippen LogP contribution in [0.15, 0.2) is 0 Å². The van der Waals surface area contributed by atoms with Crippen molar-refractivity contribution >= 4 is 5.91 Å². The second kappa shape index (κ2) is 4.49. The third-order valence-corrected chi connectivity index (χ3v) is 3.66. The van der Waals surface area contributed by atoms with Gasteiger partial charge < -0.3 is 10.0 Å². The molecule has 2 rings (SSSR count). The summed E-state index contributed by atoms with van der Waals surface area (Å²) in [6, 6.07) is 0.841. The lowest BCUT2D eigenvalue weighted by atomic mass is 9.91. The van der Waals surface area contributed by atoms with Gasteiger partial charge in [0.1, 0.15) is 0 Å². The number of carbonyl (C=O) groups excluding carboxylic acids is 1. The maximum absolute atomic E-state index is 11.3. The number of rotatable bonds is 1. The second-order valence-corrected chi connectivity index (χ2v) is 4.64. The van der Waals surface area contributed by atoms with Gasteiger partial charge in [0.25, 0.3) is 0 Å². The molecule has 2 aliphatic rings. The maximum atomic E-state index is 11.3. The van der Waals surface area contributed by atoms with Crippen molar-refractivity contribution in [2.75, 3.05) is 26.2 Å². The van der Waals surface area contributed by atoms with E-state index in [2.05, 4.69) is 4.90 Å². The van der Waals surface area contributed by atoms with Crippen LogP contribution in [0.2, 0.25) is 0 Å². The molecule has 0 saturated carbocycles. The Hall–Kier alpha value is -0.610. The van der Waals surface area contributed by atoms with E-state index in [-0.39, 0.29) is 12.5 Å². The average Bonchev–Trinajstić information content (AvgIpc) is 2.16. The van der Waals surface area contributed by atoms with E-state index in [4.69, 9.17) is 5.11 Å². The Kier molecular flexibility index (Phi) is 3.26. The van der Waals surface area contributed by atoms with Crippen LogP contribution in [0.25, 0.3) is 0 Å². The Morgan fingerprint density at radius 3 is 2.80 bits per heavy atom. The Bertz CT molecular complexity index is 245.